The summed E-state index contributed by atoms with van der Waals surface area (Å²) >= 11 is 0. The molecule has 0 spiro atoms. The highest BCUT2D eigenvalue weighted by Crippen LogP contribution is 2.45. The van der Waals surface area contributed by atoms with Gasteiger partial charge in [0, 0.05) is 29.7 Å². The number of aliphatic hydroxyl groups excluding tert-OH is 4. The van der Waals surface area contributed by atoms with Crippen molar-refractivity contribution in [1.29, 1.82) is 0 Å². The molecule has 0 amide bonds. The minimum absolute atomic E-state index is 0.0121. The molecule has 1 fully saturated rings. The van der Waals surface area contributed by atoms with E-state index >= 15 is 0 Å². The van der Waals surface area contributed by atoms with Crippen molar-refractivity contribution in [2.24, 2.45) is 0 Å². The van der Waals surface area contributed by atoms with Gasteiger partial charge in [-0.2, -0.15) is 0 Å². The molecule has 0 bridgehead atoms. The fraction of sp³-hybridized carbons (Fsp3) is 0.381. The summed E-state index contributed by atoms with van der Waals surface area (Å²) < 4.78 is 16.2. The molecule has 7 atom stereocenters. The molecule has 0 aliphatic carbocycles. The number of phenolic OH excluding ortho intramolecular Hbond substituents is 4. The minimum atomic E-state index is -1.91. The van der Waals surface area contributed by atoms with Gasteiger partial charge in [0.25, 0.3) is 0 Å². The number of hydrogen-bond donors (Lipinski definition) is 9. The summed E-state index contributed by atoms with van der Waals surface area (Å²) in [4.78, 5) is 11.3. The standard InChI is InChI=1S/C21H22O13/c22-9-3-7(32-21-17(29)15(27)16(28)19(34-21)20(30)31)4-13-8(9)5-12(25)18(33-13)6-1-10(23)14(26)11(24)2-6/h1-4,12,15-19,21-29H,5H2,(H,30,31). The number of carbonyl (C=O) groups is 1. The zero-order chi connectivity index (χ0) is 24.9. The van der Waals surface area contributed by atoms with Crippen LogP contribution in [0.5, 0.6) is 34.5 Å². The lowest BCUT2D eigenvalue weighted by Crippen LogP contribution is -2.61. The number of carboxylic acids is 1. The third kappa shape index (κ3) is 4.10. The molecular weight excluding hydrogens is 460 g/mol. The van der Waals surface area contributed by atoms with Gasteiger partial charge in [-0.1, -0.05) is 0 Å². The maximum Gasteiger partial charge on any atom is 0.335 e. The van der Waals surface area contributed by atoms with Crippen LogP contribution in [-0.4, -0.2) is 88.7 Å². The smallest absolute Gasteiger partial charge is 0.335 e. The van der Waals surface area contributed by atoms with Crippen molar-refractivity contribution in [3.63, 3.8) is 0 Å². The van der Waals surface area contributed by atoms with E-state index in [4.69, 9.17) is 19.3 Å². The molecule has 13 nitrogen and oxygen atoms in total. The predicted molar refractivity (Wildman–Crippen MR) is 108 cm³/mol. The highest BCUT2D eigenvalue weighted by Gasteiger charge is 2.48. The first-order chi connectivity index (χ1) is 16.0. The molecule has 34 heavy (non-hydrogen) atoms. The van der Waals surface area contributed by atoms with Crippen molar-refractivity contribution < 1.29 is 65.0 Å². The summed E-state index contributed by atoms with van der Waals surface area (Å²) in [5.74, 6) is -4.16. The number of benzene rings is 2. The fourth-order valence-electron chi connectivity index (χ4n) is 3.88. The van der Waals surface area contributed by atoms with E-state index in [9.17, 15) is 45.6 Å². The second-order valence-electron chi connectivity index (χ2n) is 7.99. The quantitative estimate of drug-likeness (QED) is 0.234. The highest BCUT2D eigenvalue weighted by molar-refractivity contribution is 5.73. The molecule has 9 N–H and O–H groups in total. The van der Waals surface area contributed by atoms with Crippen LogP contribution in [0, 0.1) is 0 Å². The normalized spacial score (nSPS) is 30.8. The third-order valence-corrected chi connectivity index (χ3v) is 5.66. The Morgan fingerprint density at radius 3 is 2.15 bits per heavy atom. The molecule has 2 aliphatic heterocycles. The third-order valence-electron chi connectivity index (χ3n) is 5.66. The summed E-state index contributed by atoms with van der Waals surface area (Å²) in [5, 5.41) is 88.9. The van der Waals surface area contributed by atoms with Gasteiger partial charge in [0.05, 0.1) is 6.10 Å². The lowest BCUT2D eigenvalue weighted by Gasteiger charge is -2.38. The summed E-state index contributed by atoms with van der Waals surface area (Å²) in [6, 6.07) is 4.51. The Balaban J connectivity index is 1.61. The number of aliphatic hydroxyl groups is 4. The maximum atomic E-state index is 11.3. The number of fused-ring (bicyclic) bond motifs is 1. The number of ether oxygens (including phenoxy) is 3. The lowest BCUT2D eigenvalue weighted by molar-refractivity contribution is -0.271. The van der Waals surface area contributed by atoms with Crippen LogP contribution >= 0.6 is 0 Å². The van der Waals surface area contributed by atoms with Crippen LogP contribution in [0.3, 0.4) is 0 Å². The van der Waals surface area contributed by atoms with Gasteiger partial charge in [-0.15, -0.1) is 0 Å². The van der Waals surface area contributed by atoms with Gasteiger partial charge in [0.15, 0.2) is 29.5 Å². The minimum Gasteiger partial charge on any atom is -0.507 e. The van der Waals surface area contributed by atoms with Crippen molar-refractivity contribution in [3.8, 4) is 34.5 Å². The van der Waals surface area contributed by atoms with Crippen LogP contribution < -0.4 is 9.47 Å². The zero-order valence-corrected chi connectivity index (χ0v) is 17.2. The largest absolute Gasteiger partial charge is 0.507 e. The molecule has 0 saturated carbocycles. The van der Waals surface area contributed by atoms with E-state index in [0.717, 1.165) is 18.2 Å². The molecule has 2 heterocycles. The SMILES string of the molecule is O=C(O)C1OC(Oc2cc(O)c3c(c2)OC(c2cc(O)c(O)c(O)c2)C(O)C3)C(O)C(O)C1O. The predicted octanol–water partition coefficient (Wildman–Crippen LogP) is -1.18. The van der Waals surface area contributed by atoms with Crippen molar-refractivity contribution in [2.45, 2.75) is 49.3 Å². The van der Waals surface area contributed by atoms with Crippen LogP contribution in [0.1, 0.15) is 17.2 Å². The second kappa shape index (κ2) is 8.70. The average Bonchev–Trinajstić information content (AvgIpc) is 2.77. The molecule has 1 saturated heterocycles. The Kier molecular flexibility index (Phi) is 6.05. The zero-order valence-electron chi connectivity index (χ0n) is 17.2. The number of hydrogen-bond acceptors (Lipinski definition) is 12. The van der Waals surface area contributed by atoms with Crippen LogP contribution in [0.25, 0.3) is 0 Å². The fourth-order valence-corrected chi connectivity index (χ4v) is 3.88. The number of aromatic hydroxyl groups is 4. The molecule has 0 aromatic heterocycles. The monoisotopic (exact) mass is 482 g/mol. The van der Waals surface area contributed by atoms with E-state index in [1.54, 1.807) is 0 Å². The molecular formula is C21H22O13. The molecule has 13 heteroatoms. The van der Waals surface area contributed by atoms with Crippen LogP contribution in [0.4, 0.5) is 0 Å². The number of aliphatic carboxylic acids is 1. The first-order valence-electron chi connectivity index (χ1n) is 10.0. The molecule has 0 radical (unpaired) electrons. The maximum absolute atomic E-state index is 11.3. The lowest BCUT2D eigenvalue weighted by atomic mass is 9.93. The summed E-state index contributed by atoms with van der Waals surface area (Å²) in [7, 11) is 0. The van der Waals surface area contributed by atoms with Crippen molar-refractivity contribution >= 4 is 5.97 Å². The van der Waals surface area contributed by atoms with E-state index in [1.165, 1.54) is 6.07 Å². The van der Waals surface area contributed by atoms with E-state index in [2.05, 4.69) is 0 Å². The van der Waals surface area contributed by atoms with Gasteiger partial charge < -0.3 is 60.2 Å². The number of phenols is 4. The first-order valence-corrected chi connectivity index (χ1v) is 10.0. The van der Waals surface area contributed by atoms with E-state index < -0.39 is 66.1 Å². The van der Waals surface area contributed by atoms with Gasteiger partial charge in [0.2, 0.25) is 6.29 Å². The van der Waals surface area contributed by atoms with Gasteiger partial charge in [0.1, 0.15) is 35.6 Å². The van der Waals surface area contributed by atoms with Crippen molar-refractivity contribution in [2.75, 3.05) is 0 Å². The van der Waals surface area contributed by atoms with Crippen LogP contribution in [0.15, 0.2) is 24.3 Å². The Morgan fingerprint density at radius 2 is 1.53 bits per heavy atom. The van der Waals surface area contributed by atoms with Gasteiger partial charge >= 0.3 is 5.97 Å². The Hall–Kier alpha value is -3.49. The van der Waals surface area contributed by atoms with Gasteiger partial charge in [-0.25, -0.2) is 4.79 Å². The van der Waals surface area contributed by atoms with Gasteiger partial charge in [-0.05, 0) is 12.1 Å². The van der Waals surface area contributed by atoms with E-state index in [1.807, 2.05) is 0 Å². The highest BCUT2D eigenvalue weighted by atomic mass is 16.7. The molecule has 184 valence electrons. The Morgan fingerprint density at radius 1 is 0.882 bits per heavy atom. The summed E-state index contributed by atoms with van der Waals surface area (Å²) in [6.45, 7) is 0. The Bertz CT molecular complexity index is 1080. The van der Waals surface area contributed by atoms with E-state index in [0.29, 0.717) is 0 Å². The van der Waals surface area contributed by atoms with Crippen molar-refractivity contribution in [3.05, 3.63) is 35.4 Å². The number of carboxylic acid groups (broad SMARTS) is 1. The second-order valence-corrected chi connectivity index (χ2v) is 7.99. The van der Waals surface area contributed by atoms with E-state index in [-0.39, 0.29) is 34.8 Å². The average molecular weight is 482 g/mol. The first kappa shape index (κ1) is 23.7. The topological polar surface area (TPSA) is 227 Å². The molecule has 2 aromatic rings. The van der Waals surface area contributed by atoms with Crippen LogP contribution in [-0.2, 0) is 16.0 Å². The van der Waals surface area contributed by atoms with Crippen LogP contribution in [0.2, 0.25) is 0 Å². The molecule has 7 unspecified atom stereocenters. The van der Waals surface area contributed by atoms with Crippen molar-refractivity contribution in [1.82, 2.24) is 0 Å². The summed E-state index contributed by atoms with van der Waals surface area (Å²) in [5.41, 5.74) is 0.302. The Labute approximate surface area is 190 Å². The molecule has 2 aliphatic rings. The number of rotatable bonds is 4. The molecule has 2 aromatic carbocycles. The summed E-state index contributed by atoms with van der Waals surface area (Å²) in [6.07, 6.45) is -11.7. The molecule has 4 rings (SSSR count). The van der Waals surface area contributed by atoms with Gasteiger partial charge in [-0.3, -0.25) is 0 Å².